The zero-order chi connectivity index (χ0) is 24.8. The van der Waals surface area contributed by atoms with Gasteiger partial charge < -0.3 is 13.9 Å². The van der Waals surface area contributed by atoms with Crippen LogP contribution in [0.3, 0.4) is 0 Å². The predicted octanol–water partition coefficient (Wildman–Crippen LogP) is 3.49. The summed E-state index contributed by atoms with van der Waals surface area (Å²) in [6.07, 6.45) is 2.05. The molecule has 0 unspecified atom stereocenters. The third-order valence-corrected chi connectivity index (χ3v) is 7.51. The van der Waals surface area contributed by atoms with E-state index >= 15 is 0 Å². The summed E-state index contributed by atoms with van der Waals surface area (Å²) in [5.41, 5.74) is 1.17. The quantitative estimate of drug-likeness (QED) is 0.449. The van der Waals surface area contributed by atoms with Crippen molar-refractivity contribution in [3.8, 4) is 11.5 Å². The Bertz CT molecular complexity index is 1270. The zero-order valence-corrected chi connectivity index (χ0v) is 20.5. The van der Waals surface area contributed by atoms with Crippen molar-refractivity contribution in [2.24, 2.45) is 0 Å². The number of carbonyl (C=O) groups excluding carboxylic acids is 1. The van der Waals surface area contributed by atoms with Gasteiger partial charge >= 0.3 is 6.01 Å². The Balaban J connectivity index is 1.39. The molecular weight excluding hydrogens is 472 g/mol. The van der Waals surface area contributed by atoms with Crippen LogP contribution in [0.4, 0.5) is 6.01 Å². The highest BCUT2D eigenvalue weighted by atomic mass is 32.2. The molecule has 10 nitrogen and oxygen atoms in total. The zero-order valence-electron chi connectivity index (χ0n) is 19.7. The first kappa shape index (κ1) is 24.7. The van der Waals surface area contributed by atoms with E-state index in [9.17, 15) is 13.2 Å². The second kappa shape index (κ2) is 10.9. The molecule has 0 radical (unpaired) electrons. The number of amides is 1. The number of rotatable bonds is 10. The molecule has 0 bridgehead atoms. The van der Waals surface area contributed by atoms with Crippen LogP contribution in [0.2, 0.25) is 0 Å². The van der Waals surface area contributed by atoms with Crippen molar-refractivity contribution in [3.05, 3.63) is 59.5 Å². The first-order chi connectivity index (χ1) is 16.9. The normalized spacial score (nSPS) is 13.1. The molecule has 1 amide bonds. The van der Waals surface area contributed by atoms with Gasteiger partial charge in [-0.05, 0) is 48.4 Å². The van der Waals surface area contributed by atoms with Crippen LogP contribution in [-0.4, -0.2) is 55.1 Å². The van der Waals surface area contributed by atoms with E-state index in [0.29, 0.717) is 50.1 Å². The maximum Gasteiger partial charge on any atom is 0.322 e. The second-order valence-electron chi connectivity index (χ2n) is 7.98. The molecule has 1 N–H and O–H groups in total. The van der Waals surface area contributed by atoms with Crippen molar-refractivity contribution < 1.29 is 27.1 Å². The number of ether oxygens (including phenoxy) is 2. The Kier molecular flexibility index (Phi) is 7.67. The van der Waals surface area contributed by atoms with Gasteiger partial charge in [0.1, 0.15) is 13.2 Å². The summed E-state index contributed by atoms with van der Waals surface area (Å²) >= 11 is 0. The Morgan fingerprint density at radius 1 is 1.03 bits per heavy atom. The lowest BCUT2D eigenvalue weighted by atomic mass is 10.1. The Hall–Kier alpha value is -3.44. The number of hydrogen-bond acceptors (Lipinski definition) is 8. The van der Waals surface area contributed by atoms with Crippen molar-refractivity contribution in [1.29, 1.82) is 0 Å². The van der Waals surface area contributed by atoms with Crippen molar-refractivity contribution in [3.63, 3.8) is 0 Å². The molecule has 35 heavy (non-hydrogen) atoms. The summed E-state index contributed by atoms with van der Waals surface area (Å²) in [6.45, 7) is 5.68. The number of unbranched alkanes of at least 4 members (excludes halogenated alkanes) is 1. The number of hydrogen-bond donors (Lipinski definition) is 1. The molecule has 2 heterocycles. The molecule has 0 fully saturated rings. The summed E-state index contributed by atoms with van der Waals surface area (Å²) < 4.78 is 43.8. The number of benzene rings is 2. The minimum Gasteiger partial charge on any atom is -0.486 e. The van der Waals surface area contributed by atoms with Gasteiger partial charge in [-0.3, -0.25) is 10.1 Å². The fraction of sp³-hybridized carbons (Fsp3) is 0.375. The molecule has 0 saturated heterocycles. The van der Waals surface area contributed by atoms with Gasteiger partial charge in [-0.25, -0.2) is 8.42 Å². The van der Waals surface area contributed by atoms with Crippen molar-refractivity contribution in [1.82, 2.24) is 14.5 Å². The van der Waals surface area contributed by atoms with E-state index in [1.807, 2.05) is 32.0 Å². The minimum atomic E-state index is -3.61. The lowest BCUT2D eigenvalue weighted by Crippen LogP contribution is -2.31. The second-order valence-corrected chi connectivity index (χ2v) is 9.92. The molecule has 11 heteroatoms. The third kappa shape index (κ3) is 5.80. The van der Waals surface area contributed by atoms with E-state index in [1.54, 1.807) is 0 Å². The van der Waals surface area contributed by atoms with Crippen LogP contribution < -0.4 is 14.8 Å². The van der Waals surface area contributed by atoms with E-state index in [2.05, 4.69) is 15.5 Å². The highest BCUT2D eigenvalue weighted by Gasteiger charge is 2.23. The molecule has 2 aromatic carbocycles. The summed E-state index contributed by atoms with van der Waals surface area (Å²) in [5, 5.41) is 10.4. The number of aromatic nitrogens is 2. The lowest BCUT2D eigenvalue weighted by molar-refractivity contribution is 0.102. The molecule has 0 aliphatic carbocycles. The molecule has 3 aromatic rings. The lowest BCUT2D eigenvalue weighted by Gasteiger charge is -2.20. The van der Waals surface area contributed by atoms with Crippen LogP contribution in [0.15, 0.2) is 51.8 Å². The third-order valence-electron chi connectivity index (χ3n) is 5.52. The van der Waals surface area contributed by atoms with E-state index in [-0.39, 0.29) is 16.5 Å². The topological polar surface area (TPSA) is 124 Å². The largest absolute Gasteiger partial charge is 0.486 e. The SMILES string of the molecule is CCCCN(CC)S(=O)(=O)c1ccc(C(=O)Nc2nnc(Cc3ccc4c(c3)OCCO4)o2)cc1. The molecule has 0 saturated carbocycles. The average Bonchev–Trinajstić information content (AvgIpc) is 3.30. The van der Waals surface area contributed by atoms with E-state index in [1.165, 1.54) is 28.6 Å². The highest BCUT2D eigenvalue weighted by molar-refractivity contribution is 7.89. The standard InChI is InChI=1S/C24H28N4O6S/c1-3-5-12-28(4-2)35(30,31)19-9-7-18(8-10-19)23(29)25-24-27-26-22(34-24)16-17-6-11-20-21(15-17)33-14-13-32-20/h6-11,15H,3-5,12-14,16H2,1-2H3,(H,25,27,29). The average molecular weight is 501 g/mol. The Labute approximate surface area is 204 Å². The number of nitrogens with one attached hydrogen (secondary N) is 1. The van der Waals surface area contributed by atoms with Crippen molar-refractivity contribution >= 4 is 21.9 Å². The fourth-order valence-corrected chi connectivity index (χ4v) is 5.11. The predicted molar refractivity (Wildman–Crippen MR) is 128 cm³/mol. The first-order valence-electron chi connectivity index (χ1n) is 11.5. The van der Waals surface area contributed by atoms with Crippen LogP contribution in [0.1, 0.15) is 48.5 Å². The number of nitrogens with zero attached hydrogens (tertiary/aromatic N) is 3. The van der Waals surface area contributed by atoms with E-state index in [0.717, 1.165) is 18.4 Å². The number of fused-ring (bicyclic) bond motifs is 1. The van der Waals surface area contributed by atoms with E-state index in [4.69, 9.17) is 13.9 Å². The minimum absolute atomic E-state index is 0.0454. The summed E-state index contributed by atoms with van der Waals surface area (Å²) in [5.74, 6) is 1.20. The molecule has 1 aliphatic rings. The number of anilines is 1. The maximum atomic E-state index is 12.9. The van der Waals surface area contributed by atoms with Crippen LogP contribution in [-0.2, 0) is 16.4 Å². The molecule has 4 rings (SSSR count). The summed E-state index contributed by atoms with van der Waals surface area (Å²) in [6, 6.07) is 11.3. The summed E-state index contributed by atoms with van der Waals surface area (Å²) in [7, 11) is -3.61. The molecule has 0 spiro atoms. The van der Waals surface area contributed by atoms with Gasteiger partial charge in [0.15, 0.2) is 11.5 Å². The molecule has 1 aromatic heterocycles. The molecule has 0 atom stereocenters. The maximum absolute atomic E-state index is 12.9. The first-order valence-corrected chi connectivity index (χ1v) is 13.0. The monoisotopic (exact) mass is 500 g/mol. The molecule has 1 aliphatic heterocycles. The van der Waals surface area contributed by atoms with Gasteiger partial charge in [0.05, 0.1) is 11.3 Å². The van der Waals surface area contributed by atoms with Crippen LogP contribution in [0.5, 0.6) is 11.5 Å². The smallest absolute Gasteiger partial charge is 0.322 e. The van der Waals surface area contributed by atoms with Gasteiger partial charge in [-0.15, -0.1) is 5.10 Å². The van der Waals surface area contributed by atoms with Crippen LogP contribution >= 0.6 is 0 Å². The number of carbonyl (C=O) groups is 1. The van der Waals surface area contributed by atoms with Crippen molar-refractivity contribution in [2.45, 2.75) is 38.0 Å². The van der Waals surface area contributed by atoms with Crippen molar-refractivity contribution in [2.75, 3.05) is 31.6 Å². The van der Waals surface area contributed by atoms with Crippen LogP contribution in [0, 0.1) is 0 Å². The van der Waals surface area contributed by atoms with Gasteiger partial charge in [-0.1, -0.05) is 31.4 Å². The fourth-order valence-electron chi connectivity index (χ4n) is 3.63. The van der Waals surface area contributed by atoms with Gasteiger partial charge in [-0.2, -0.15) is 4.31 Å². The van der Waals surface area contributed by atoms with Crippen LogP contribution in [0.25, 0.3) is 0 Å². The molecular formula is C24H28N4O6S. The Morgan fingerprint density at radius 3 is 2.49 bits per heavy atom. The van der Waals surface area contributed by atoms with Gasteiger partial charge in [0.2, 0.25) is 15.9 Å². The molecule has 186 valence electrons. The Morgan fingerprint density at radius 2 is 1.77 bits per heavy atom. The van der Waals surface area contributed by atoms with Gasteiger partial charge in [0, 0.05) is 18.7 Å². The number of sulfonamides is 1. The van der Waals surface area contributed by atoms with Gasteiger partial charge in [0.25, 0.3) is 5.91 Å². The van der Waals surface area contributed by atoms with E-state index < -0.39 is 15.9 Å². The highest BCUT2D eigenvalue weighted by Crippen LogP contribution is 2.31. The summed E-state index contributed by atoms with van der Waals surface area (Å²) in [4.78, 5) is 12.8.